The van der Waals surface area contributed by atoms with Crippen molar-refractivity contribution in [2.75, 3.05) is 0 Å². The largest absolute Gasteiger partial charge is 0.333 e. The fourth-order valence-electron chi connectivity index (χ4n) is 8.07. The maximum absolute atomic E-state index is 5.15. The predicted octanol–water partition coefficient (Wildman–Crippen LogP) is 13.7. The van der Waals surface area contributed by atoms with Crippen molar-refractivity contribution in [1.82, 2.24) is 14.5 Å². The number of imidazole rings is 1. The van der Waals surface area contributed by atoms with Gasteiger partial charge in [-0.2, -0.15) is 0 Å². The molecular weight excluding hydrogens is 919 g/mol. The summed E-state index contributed by atoms with van der Waals surface area (Å²) in [5, 5.41) is 8.82. The van der Waals surface area contributed by atoms with E-state index >= 15 is 0 Å². The van der Waals surface area contributed by atoms with Crippen LogP contribution in [0.4, 0.5) is 0 Å². The van der Waals surface area contributed by atoms with Gasteiger partial charge < -0.3 is 9.55 Å². The summed E-state index contributed by atoms with van der Waals surface area (Å²) >= 11 is 1.67. The van der Waals surface area contributed by atoms with Crippen LogP contribution in [-0.4, -0.2) is 22.6 Å². The Kier molecular flexibility index (Phi) is 12.1. The van der Waals surface area contributed by atoms with Crippen molar-refractivity contribution < 1.29 is 20.1 Å². The van der Waals surface area contributed by atoms with Gasteiger partial charge in [0.25, 0.3) is 0 Å². The number of pyridine rings is 1. The van der Waals surface area contributed by atoms with E-state index in [1.54, 1.807) is 11.3 Å². The molecule has 0 spiro atoms. The Balaban J connectivity index is 0.000000208. The third-order valence-corrected chi connectivity index (χ3v) is 13.6. The molecule has 6 aromatic carbocycles. The van der Waals surface area contributed by atoms with E-state index in [9.17, 15) is 0 Å². The molecule has 58 heavy (non-hydrogen) atoms. The summed E-state index contributed by atoms with van der Waals surface area (Å²) in [4.78, 5) is 9.84. The third-order valence-electron chi connectivity index (χ3n) is 10.7. The molecule has 0 saturated heterocycles. The maximum Gasteiger partial charge on any atom is 0.0798 e. The average molecular weight is 968 g/mol. The Bertz CT molecular complexity index is 2840. The van der Waals surface area contributed by atoms with Gasteiger partial charge in [0.05, 0.1) is 24.9 Å². The van der Waals surface area contributed by atoms with E-state index in [1.165, 1.54) is 59.4 Å². The van der Waals surface area contributed by atoms with Gasteiger partial charge in [0.2, 0.25) is 0 Å². The molecular formula is C52H49IrN3SSi-2. The van der Waals surface area contributed by atoms with Gasteiger partial charge in [0.15, 0.2) is 0 Å². The second-order valence-electron chi connectivity index (χ2n) is 16.7. The Hall–Kier alpha value is -4.97. The average Bonchev–Trinajstić information content (AvgIpc) is 3.78. The number of fused-ring (bicyclic) bond motifs is 3. The van der Waals surface area contributed by atoms with Crippen molar-refractivity contribution in [3.05, 3.63) is 167 Å². The first kappa shape index (κ1) is 41.2. The first-order chi connectivity index (χ1) is 27.4. The van der Waals surface area contributed by atoms with Crippen LogP contribution >= 0.6 is 11.3 Å². The van der Waals surface area contributed by atoms with Crippen LogP contribution < -0.4 is 5.19 Å². The molecule has 0 fully saturated rings. The van der Waals surface area contributed by atoms with Crippen LogP contribution in [0.15, 0.2) is 134 Å². The van der Waals surface area contributed by atoms with Gasteiger partial charge in [-0.3, -0.25) is 16.3 Å². The molecule has 0 N–H and O–H groups in total. The Labute approximate surface area is 362 Å². The summed E-state index contributed by atoms with van der Waals surface area (Å²) < 4.78 is 3.54. The van der Waals surface area contributed by atoms with Gasteiger partial charge in [-0.1, -0.05) is 139 Å². The molecule has 1 radical (unpaired) electrons. The van der Waals surface area contributed by atoms with Crippen LogP contribution in [0, 0.1) is 38.1 Å². The number of aromatic nitrogens is 3. The normalized spacial score (nSPS) is 11.5. The van der Waals surface area contributed by atoms with Crippen LogP contribution in [0.3, 0.4) is 0 Å². The van der Waals surface area contributed by atoms with E-state index in [1.807, 2.05) is 18.2 Å². The van der Waals surface area contributed by atoms with Gasteiger partial charge in [0, 0.05) is 32.0 Å². The van der Waals surface area contributed by atoms with Gasteiger partial charge in [0.1, 0.15) is 0 Å². The zero-order chi connectivity index (χ0) is 39.8. The van der Waals surface area contributed by atoms with Gasteiger partial charge in [-0.25, -0.2) is 0 Å². The fraction of sp³-hybridized carbons (Fsp3) is 0.192. The quantitative estimate of drug-likeness (QED) is 0.118. The second-order valence-corrected chi connectivity index (χ2v) is 22.6. The maximum atomic E-state index is 5.15. The minimum absolute atomic E-state index is 0. The predicted molar refractivity (Wildman–Crippen MR) is 248 cm³/mol. The SMILES string of the molecule is CC(C)Cc1cc(-c2[c-]cccc2)ncc1[Si](C)(C)C.Cc1ccc2cc3c(-c4nc5ccccc5n4-c4cc(C)c(-c5ccccc5)c(C)c4)[c-]sc3cc2c1.[Ir]. The number of aryl methyl sites for hydroxylation is 3. The number of rotatable bonds is 7. The zero-order valence-electron chi connectivity index (χ0n) is 34.6. The van der Waals surface area contributed by atoms with E-state index in [2.05, 4.69) is 191 Å². The molecule has 0 aliphatic heterocycles. The summed E-state index contributed by atoms with van der Waals surface area (Å²) in [7, 11) is -1.34. The van der Waals surface area contributed by atoms with E-state index in [0.29, 0.717) is 5.92 Å². The number of hydrogen-bond donors (Lipinski definition) is 0. The van der Waals surface area contributed by atoms with Crippen molar-refractivity contribution in [2.24, 2.45) is 5.92 Å². The molecule has 0 unspecified atom stereocenters. The molecule has 3 heterocycles. The van der Waals surface area contributed by atoms with E-state index in [-0.39, 0.29) is 20.1 Å². The Morgan fingerprint density at radius 1 is 0.759 bits per heavy atom. The third kappa shape index (κ3) is 8.44. The van der Waals surface area contributed by atoms with Crippen molar-refractivity contribution in [3.8, 4) is 39.5 Å². The van der Waals surface area contributed by atoms with Crippen molar-refractivity contribution in [3.63, 3.8) is 0 Å². The van der Waals surface area contributed by atoms with Crippen LogP contribution in [-0.2, 0) is 26.5 Å². The molecule has 0 aliphatic carbocycles. The summed E-state index contributed by atoms with van der Waals surface area (Å²) in [6.45, 7) is 18.3. The Morgan fingerprint density at radius 3 is 2.19 bits per heavy atom. The smallest absolute Gasteiger partial charge is 0.0798 e. The molecule has 3 nitrogen and oxygen atoms in total. The molecule has 293 valence electrons. The monoisotopic (exact) mass is 968 g/mol. The summed E-state index contributed by atoms with van der Waals surface area (Å²) in [6, 6.07) is 48.5. The van der Waals surface area contributed by atoms with E-state index in [4.69, 9.17) is 4.98 Å². The number of hydrogen-bond acceptors (Lipinski definition) is 3. The van der Waals surface area contributed by atoms with Crippen molar-refractivity contribution in [1.29, 1.82) is 0 Å². The molecule has 9 rings (SSSR count). The molecule has 0 aliphatic rings. The minimum atomic E-state index is -1.34. The van der Waals surface area contributed by atoms with Crippen LogP contribution in [0.5, 0.6) is 0 Å². The van der Waals surface area contributed by atoms with Gasteiger partial charge in [-0.15, -0.1) is 41.3 Å². The topological polar surface area (TPSA) is 30.7 Å². The number of benzene rings is 6. The van der Waals surface area contributed by atoms with Crippen LogP contribution in [0.2, 0.25) is 19.6 Å². The van der Waals surface area contributed by atoms with Crippen molar-refractivity contribution >= 4 is 56.5 Å². The molecule has 0 saturated carbocycles. The summed E-state index contributed by atoms with van der Waals surface area (Å²) in [5.74, 6) is 1.60. The number of nitrogens with zero attached hydrogens (tertiary/aromatic N) is 3. The van der Waals surface area contributed by atoms with E-state index < -0.39 is 8.07 Å². The van der Waals surface area contributed by atoms with E-state index in [0.717, 1.165) is 45.8 Å². The molecule has 0 atom stereocenters. The summed E-state index contributed by atoms with van der Waals surface area (Å²) in [5.41, 5.74) is 14.2. The first-order valence-corrected chi connectivity index (χ1v) is 24.2. The van der Waals surface area contributed by atoms with Gasteiger partial charge in [-0.05, 0) is 101 Å². The first-order valence-electron chi connectivity index (χ1n) is 19.9. The van der Waals surface area contributed by atoms with Crippen LogP contribution in [0.25, 0.3) is 71.4 Å². The number of thiophene rings is 1. The fourth-order valence-corrected chi connectivity index (χ4v) is 10.5. The molecule has 3 aromatic heterocycles. The van der Waals surface area contributed by atoms with Gasteiger partial charge >= 0.3 is 0 Å². The summed E-state index contributed by atoms with van der Waals surface area (Å²) in [6.07, 6.45) is 3.24. The minimum Gasteiger partial charge on any atom is -0.333 e. The van der Waals surface area contributed by atoms with Crippen LogP contribution in [0.1, 0.15) is 36.1 Å². The molecule has 0 amide bonds. The second kappa shape index (κ2) is 17.1. The number of para-hydroxylation sites is 2. The Morgan fingerprint density at radius 2 is 1.48 bits per heavy atom. The zero-order valence-corrected chi connectivity index (χ0v) is 38.8. The standard InChI is InChI=1S/C34H25N2S.C18H24NSi.Ir/c1-21-13-14-25-18-28-29(20-37-32(28)19-26(25)15-21)34-35-30-11-7-8-12-31(30)36(34)27-16-22(2)33(23(3)17-27)24-9-5-4-6-10-24;1-14(2)11-16-12-17(15-9-7-6-8-10-15)19-13-18(16)20(3,4)5;/h4-19H,1-3H3;6-9,12-14H,11H2,1-5H3;/q2*-1;. The molecule has 6 heteroatoms. The van der Waals surface area contributed by atoms with Crippen molar-refractivity contribution in [2.45, 2.75) is 60.7 Å². The molecule has 0 bridgehead atoms. The molecule has 9 aromatic rings.